The molecule has 7 nitrogen and oxygen atoms in total. The molecule has 0 saturated heterocycles. The molecule has 0 fully saturated rings. The molecule has 2 aromatic carbocycles. The van der Waals surface area contributed by atoms with Gasteiger partial charge in [-0.1, -0.05) is 34.5 Å². The third-order valence-corrected chi connectivity index (χ3v) is 6.13. The van der Waals surface area contributed by atoms with E-state index < -0.39 is 5.91 Å². The molecule has 0 aliphatic rings. The topological polar surface area (TPSA) is 97.4 Å². The van der Waals surface area contributed by atoms with Crippen LogP contribution in [0.2, 0.25) is 10.0 Å². The Morgan fingerprint density at radius 3 is 2.58 bits per heavy atom. The van der Waals surface area contributed by atoms with Gasteiger partial charge < -0.3 is 14.2 Å². The van der Waals surface area contributed by atoms with E-state index in [2.05, 4.69) is 15.6 Å². The minimum atomic E-state index is -0.422. The lowest BCUT2D eigenvalue weighted by molar-refractivity contribution is 0.0989. The summed E-state index contributed by atoms with van der Waals surface area (Å²) in [6.07, 6.45) is 1.42. The summed E-state index contributed by atoms with van der Waals surface area (Å²) in [5.41, 5.74) is 1.83. The molecule has 0 unspecified atom stereocenters. The molecule has 0 aliphatic carbocycles. The normalized spacial score (nSPS) is 11.0. The van der Waals surface area contributed by atoms with E-state index in [1.807, 2.05) is 0 Å². The third-order valence-electron chi connectivity index (χ3n) is 4.64. The van der Waals surface area contributed by atoms with Gasteiger partial charge in [0.2, 0.25) is 0 Å². The van der Waals surface area contributed by atoms with E-state index >= 15 is 0 Å². The van der Waals surface area contributed by atoms with Crippen LogP contribution in [0.15, 0.2) is 75.8 Å². The van der Waals surface area contributed by atoms with Gasteiger partial charge in [0.05, 0.1) is 21.5 Å². The molecule has 5 aromatic rings. The summed E-state index contributed by atoms with van der Waals surface area (Å²) < 4.78 is 11.6. The molecule has 0 aliphatic heterocycles. The zero-order chi connectivity index (χ0) is 22.9. The summed E-state index contributed by atoms with van der Waals surface area (Å²) >= 11 is 13.5. The maximum atomic E-state index is 12.7. The van der Waals surface area contributed by atoms with Crippen molar-refractivity contribution >= 4 is 67.4 Å². The van der Waals surface area contributed by atoms with Gasteiger partial charge in [-0.3, -0.25) is 14.9 Å². The molecule has 0 bridgehead atoms. The average Bonchev–Trinajstić information content (AvgIpc) is 3.55. The molecule has 0 spiro atoms. The monoisotopic (exact) mass is 497 g/mol. The van der Waals surface area contributed by atoms with Crippen molar-refractivity contribution in [2.24, 2.45) is 0 Å². The second-order valence-corrected chi connectivity index (χ2v) is 8.75. The van der Waals surface area contributed by atoms with E-state index in [1.165, 1.54) is 17.6 Å². The molecular weight excluding hydrogens is 485 g/mol. The van der Waals surface area contributed by atoms with E-state index in [1.54, 1.807) is 60.7 Å². The Bertz CT molecular complexity index is 1490. The number of aromatic nitrogens is 1. The molecule has 0 radical (unpaired) electrons. The zero-order valence-corrected chi connectivity index (χ0v) is 18.9. The number of nitrogens with zero attached hydrogens (tertiary/aromatic N) is 1. The van der Waals surface area contributed by atoms with Gasteiger partial charge in [0.1, 0.15) is 5.76 Å². The maximum absolute atomic E-state index is 12.7. The molecule has 0 saturated carbocycles. The fraction of sp³-hybridized carbons (Fsp3) is 0. The van der Waals surface area contributed by atoms with Gasteiger partial charge in [0.25, 0.3) is 11.8 Å². The summed E-state index contributed by atoms with van der Waals surface area (Å²) in [7, 11) is 0. The summed E-state index contributed by atoms with van der Waals surface area (Å²) in [4.78, 5) is 29.2. The fourth-order valence-corrected chi connectivity index (χ4v) is 4.39. The van der Waals surface area contributed by atoms with E-state index in [0.29, 0.717) is 37.7 Å². The Hall–Kier alpha value is -3.59. The lowest BCUT2D eigenvalue weighted by Gasteiger charge is -2.04. The van der Waals surface area contributed by atoms with Crippen LogP contribution in [-0.4, -0.2) is 16.8 Å². The van der Waals surface area contributed by atoms with Gasteiger partial charge in [-0.2, -0.15) is 0 Å². The Balaban J connectivity index is 1.32. The average molecular weight is 498 g/mol. The minimum absolute atomic E-state index is 0.122. The first-order valence-electron chi connectivity index (χ1n) is 9.58. The van der Waals surface area contributed by atoms with Crippen molar-refractivity contribution in [3.8, 4) is 11.3 Å². The number of benzene rings is 2. The SMILES string of the molecule is O=C(Nc1nc2ccc(NC(=O)c3ccc(-c4cc(Cl)ccc4Cl)o3)cc2s1)c1ccco1. The fourth-order valence-electron chi connectivity index (χ4n) is 3.11. The van der Waals surface area contributed by atoms with Crippen LogP contribution in [0.1, 0.15) is 21.1 Å². The summed E-state index contributed by atoms with van der Waals surface area (Å²) in [6.45, 7) is 0. The van der Waals surface area contributed by atoms with Gasteiger partial charge >= 0.3 is 0 Å². The second kappa shape index (κ2) is 8.74. The lowest BCUT2D eigenvalue weighted by Crippen LogP contribution is -2.10. The van der Waals surface area contributed by atoms with Crippen LogP contribution < -0.4 is 10.6 Å². The highest BCUT2D eigenvalue weighted by Gasteiger charge is 2.16. The molecule has 2 N–H and O–H groups in total. The van der Waals surface area contributed by atoms with Crippen LogP contribution in [0.4, 0.5) is 10.8 Å². The summed E-state index contributed by atoms with van der Waals surface area (Å²) in [5, 5.41) is 6.89. The summed E-state index contributed by atoms with van der Waals surface area (Å²) in [6, 6.07) is 16.7. The number of carbonyl (C=O) groups excluding carboxylic acids is 2. The van der Waals surface area contributed by atoms with Crippen LogP contribution >= 0.6 is 34.5 Å². The highest BCUT2D eigenvalue weighted by molar-refractivity contribution is 7.22. The van der Waals surface area contributed by atoms with Gasteiger partial charge in [0, 0.05) is 16.3 Å². The molecule has 164 valence electrons. The quantitative estimate of drug-likeness (QED) is 0.273. The Morgan fingerprint density at radius 1 is 0.909 bits per heavy atom. The number of halogens is 2. The number of fused-ring (bicyclic) bond motifs is 1. The molecule has 10 heteroatoms. The van der Waals surface area contributed by atoms with Crippen LogP contribution in [0.3, 0.4) is 0 Å². The highest BCUT2D eigenvalue weighted by Crippen LogP contribution is 2.32. The molecule has 33 heavy (non-hydrogen) atoms. The Kier molecular flexibility index (Phi) is 5.63. The molecule has 0 atom stereocenters. The number of nitrogens with one attached hydrogen (secondary N) is 2. The van der Waals surface area contributed by atoms with Crippen molar-refractivity contribution < 1.29 is 18.4 Å². The molecule has 3 aromatic heterocycles. The van der Waals surface area contributed by atoms with Gasteiger partial charge in [-0.25, -0.2) is 4.98 Å². The lowest BCUT2D eigenvalue weighted by atomic mass is 10.2. The first kappa shape index (κ1) is 21.3. The van der Waals surface area contributed by atoms with Crippen molar-refractivity contribution in [3.63, 3.8) is 0 Å². The zero-order valence-electron chi connectivity index (χ0n) is 16.6. The smallest absolute Gasteiger partial charge is 0.293 e. The minimum Gasteiger partial charge on any atom is -0.459 e. The van der Waals surface area contributed by atoms with Crippen molar-refractivity contribution in [2.45, 2.75) is 0 Å². The largest absolute Gasteiger partial charge is 0.459 e. The standard InChI is InChI=1S/C23H13Cl2N3O4S/c24-12-3-5-15(25)14(10-12)17-7-8-19(32-17)22(30)26-13-4-6-16-20(11-13)33-23(27-16)28-21(29)18-2-1-9-31-18/h1-11H,(H,26,30)(H,27,28,29). The van der Waals surface area contributed by atoms with Crippen LogP contribution in [-0.2, 0) is 0 Å². The van der Waals surface area contributed by atoms with Crippen LogP contribution in [0.25, 0.3) is 21.5 Å². The highest BCUT2D eigenvalue weighted by atomic mass is 35.5. The van der Waals surface area contributed by atoms with Crippen molar-refractivity contribution in [3.05, 3.63) is 88.5 Å². The molecule has 5 rings (SSSR count). The number of hydrogen-bond donors (Lipinski definition) is 2. The number of carbonyl (C=O) groups is 2. The first-order chi connectivity index (χ1) is 16.0. The first-order valence-corrected chi connectivity index (χ1v) is 11.2. The van der Waals surface area contributed by atoms with E-state index in [0.717, 1.165) is 4.70 Å². The number of amides is 2. The Labute approximate surface area is 200 Å². The van der Waals surface area contributed by atoms with Gasteiger partial charge in [-0.05, 0) is 60.7 Å². The van der Waals surface area contributed by atoms with Crippen molar-refractivity contribution in [1.82, 2.24) is 4.98 Å². The van der Waals surface area contributed by atoms with Crippen molar-refractivity contribution in [2.75, 3.05) is 10.6 Å². The van der Waals surface area contributed by atoms with E-state index in [9.17, 15) is 9.59 Å². The summed E-state index contributed by atoms with van der Waals surface area (Å²) in [5.74, 6) is -0.0611. The number of thiazole rings is 1. The number of anilines is 2. The van der Waals surface area contributed by atoms with Gasteiger partial charge in [0.15, 0.2) is 16.7 Å². The van der Waals surface area contributed by atoms with Crippen LogP contribution in [0, 0.1) is 0 Å². The van der Waals surface area contributed by atoms with Gasteiger partial charge in [-0.15, -0.1) is 0 Å². The number of rotatable bonds is 5. The van der Waals surface area contributed by atoms with Crippen molar-refractivity contribution in [1.29, 1.82) is 0 Å². The molecule has 2 amide bonds. The third kappa shape index (κ3) is 4.49. The van der Waals surface area contributed by atoms with Crippen LogP contribution in [0.5, 0.6) is 0 Å². The Morgan fingerprint density at radius 2 is 1.76 bits per heavy atom. The predicted octanol–water partition coefficient (Wildman–Crippen LogP) is 6.96. The molecule has 3 heterocycles. The van der Waals surface area contributed by atoms with E-state index in [4.69, 9.17) is 32.0 Å². The molecular formula is C23H13Cl2N3O4S. The number of furan rings is 2. The second-order valence-electron chi connectivity index (χ2n) is 6.88. The predicted molar refractivity (Wildman–Crippen MR) is 128 cm³/mol. The number of hydrogen-bond acceptors (Lipinski definition) is 6. The van der Waals surface area contributed by atoms with E-state index in [-0.39, 0.29) is 17.4 Å². The maximum Gasteiger partial charge on any atom is 0.293 e.